The van der Waals surface area contributed by atoms with Gasteiger partial charge >= 0.3 is 0 Å². The van der Waals surface area contributed by atoms with Gasteiger partial charge in [0.1, 0.15) is 11.6 Å². The minimum Gasteiger partial charge on any atom is -0.325 e. The zero-order valence-corrected chi connectivity index (χ0v) is 16.8. The molecule has 0 spiro atoms. The number of halogens is 1. The molecule has 0 fully saturated rings. The maximum atomic E-state index is 12.9. The summed E-state index contributed by atoms with van der Waals surface area (Å²) in [6.45, 7) is 1.83. The average molecular weight is 409 g/mol. The number of thioether (sulfide) groups is 1. The first-order valence-electron chi connectivity index (χ1n) is 9.52. The van der Waals surface area contributed by atoms with E-state index in [1.54, 1.807) is 18.2 Å². The topological polar surface area (TPSA) is 70.7 Å². The van der Waals surface area contributed by atoms with Crippen LogP contribution in [0.2, 0.25) is 0 Å². The van der Waals surface area contributed by atoms with Gasteiger partial charge in [-0.1, -0.05) is 36.0 Å². The zero-order valence-electron chi connectivity index (χ0n) is 16.0. The van der Waals surface area contributed by atoms with Gasteiger partial charge in [-0.15, -0.1) is 5.10 Å². The highest BCUT2D eigenvalue weighted by molar-refractivity contribution is 8.00. The fraction of sp³-hybridized carbons (Fsp3) is 0.227. The Hall–Kier alpha value is -2.93. The summed E-state index contributed by atoms with van der Waals surface area (Å²) in [5.41, 5.74) is 4.40. The molecular formula is C22H21FN4OS. The lowest BCUT2D eigenvalue weighted by atomic mass is 10.1. The van der Waals surface area contributed by atoms with E-state index in [1.807, 2.05) is 19.1 Å². The van der Waals surface area contributed by atoms with Crippen LogP contribution in [0, 0.1) is 5.82 Å². The fourth-order valence-electron chi connectivity index (χ4n) is 3.24. The number of fused-ring (bicyclic) bond motifs is 1. The second-order valence-electron chi connectivity index (χ2n) is 6.97. The monoisotopic (exact) mass is 408 g/mol. The Balaban J connectivity index is 1.34. The number of nitrogens with zero attached hydrogens (tertiary/aromatic N) is 2. The first-order valence-corrected chi connectivity index (χ1v) is 10.4. The fourth-order valence-corrected chi connectivity index (χ4v) is 3.97. The number of aromatic amines is 1. The molecule has 4 rings (SSSR count). The van der Waals surface area contributed by atoms with Crippen LogP contribution in [0.4, 0.5) is 10.1 Å². The van der Waals surface area contributed by atoms with Crippen molar-refractivity contribution in [1.82, 2.24) is 15.2 Å². The first-order chi connectivity index (χ1) is 14.1. The van der Waals surface area contributed by atoms with Crippen molar-refractivity contribution in [2.45, 2.75) is 36.6 Å². The molecule has 3 aromatic rings. The van der Waals surface area contributed by atoms with E-state index in [2.05, 4.69) is 32.6 Å². The summed E-state index contributed by atoms with van der Waals surface area (Å²) in [5, 5.41) is 10.1. The quantitative estimate of drug-likeness (QED) is 0.579. The van der Waals surface area contributed by atoms with E-state index in [-0.39, 0.29) is 17.0 Å². The molecule has 2 N–H and O–H groups in total. The third-order valence-corrected chi connectivity index (χ3v) is 5.76. The van der Waals surface area contributed by atoms with E-state index in [1.165, 1.54) is 41.4 Å². The van der Waals surface area contributed by atoms with Gasteiger partial charge in [0.2, 0.25) is 11.1 Å². The number of benzene rings is 2. The first kappa shape index (κ1) is 19.4. The van der Waals surface area contributed by atoms with Gasteiger partial charge in [0, 0.05) is 5.69 Å². The summed E-state index contributed by atoms with van der Waals surface area (Å²) in [6, 6.07) is 12.3. The van der Waals surface area contributed by atoms with Crippen molar-refractivity contribution in [3.63, 3.8) is 0 Å². The van der Waals surface area contributed by atoms with Crippen molar-refractivity contribution in [2.24, 2.45) is 0 Å². The lowest BCUT2D eigenvalue weighted by Crippen LogP contribution is -2.22. The van der Waals surface area contributed by atoms with Gasteiger partial charge in [-0.05, 0) is 73.2 Å². The van der Waals surface area contributed by atoms with E-state index < -0.39 is 0 Å². The zero-order chi connectivity index (χ0) is 20.2. The molecular weight excluding hydrogens is 387 g/mol. The molecule has 1 heterocycles. The van der Waals surface area contributed by atoms with Gasteiger partial charge < -0.3 is 5.32 Å². The van der Waals surface area contributed by atoms with Crippen LogP contribution in [0.3, 0.4) is 0 Å². The summed E-state index contributed by atoms with van der Waals surface area (Å²) in [6.07, 6.45) is 6.97. The number of nitrogens with one attached hydrogen (secondary N) is 2. The Morgan fingerprint density at radius 3 is 2.79 bits per heavy atom. The number of hydrogen-bond donors (Lipinski definition) is 2. The number of aromatic nitrogens is 3. The number of rotatable bonds is 6. The number of H-pyrrole nitrogens is 1. The van der Waals surface area contributed by atoms with E-state index in [0.717, 1.165) is 24.1 Å². The van der Waals surface area contributed by atoms with E-state index in [0.29, 0.717) is 11.0 Å². The molecule has 29 heavy (non-hydrogen) atoms. The molecule has 0 saturated carbocycles. The van der Waals surface area contributed by atoms with Gasteiger partial charge in [0.15, 0.2) is 0 Å². The number of carbonyl (C=O) groups excluding carboxylic acids is 1. The maximum absolute atomic E-state index is 12.9. The highest BCUT2D eigenvalue weighted by Crippen LogP contribution is 2.26. The van der Waals surface area contributed by atoms with Gasteiger partial charge in [-0.3, -0.25) is 9.89 Å². The van der Waals surface area contributed by atoms with Gasteiger partial charge in [-0.2, -0.15) is 0 Å². The van der Waals surface area contributed by atoms with Crippen LogP contribution in [0.25, 0.3) is 12.2 Å². The molecule has 7 heteroatoms. The Kier molecular flexibility index (Phi) is 5.76. The van der Waals surface area contributed by atoms with Crippen LogP contribution in [0.15, 0.2) is 47.6 Å². The predicted octanol–water partition coefficient (Wildman–Crippen LogP) is 4.72. The number of anilines is 1. The van der Waals surface area contributed by atoms with Crippen molar-refractivity contribution in [3.8, 4) is 0 Å². The third-order valence-electron chi connectivity index (χ3n) is 4.80. The second kappa shape index (κ2) is 8.61. The molecule has 0 saturated heterocycles. The molecule has 1 atom stereocenters. The lowest BCUT2D eigenvalue weighted by molar-refractivity contribution is -0.115. The summed E-state index contributed by atoms with van der Waals surface area (Å²) in [5.74, 6) is 0.219. The normalized spacial score (nSPS) is 14.1. The number of aryl methyl sites for hydroxylation is 2. The van der Waals surface area contributed by atoms with Crippen molar-refractivity contribution in [3.05, 3.63) is 70.8 Å². The van der Waals surface area contributed by atoms with Gasteiger partial charge in [-0.25, -0.2) is 9.37 Å². The Morgan fingerprint density at radius 1 is 1.17 bits per heavy atom. The van der Waals surface area contributed by atoms with Crippen molar-refractivity contribution < 1.29 is 9.18 Å². The lowest BCUT2D eigenvalue weighted by Gasteiger charge is -2.11. The molecule has 1 amide bonds. The van der Waals surface area contributed by atoms with Crippen LogP contribution in [0.1, 0.15) is 35.9 Å². The number of amides is 1. The summed E-state index contributed by atoms with van der Waals surface area (Å²) in [4.78, 5) is 16.9. The molecule has 148 valence electrons. The third kappa shape index (κ3) is 4.92. The highest BCUT2D eigenvalue weighted by atomic mass is 32.2. The molecule has 0 unspecified atom stereocenters. The van der Waals surface area contributed by atoms with Crippen molar-refractivity contribution >= 4 is 35.5 Å². The standard InChI is InChI=1S/C22H21FN4OS/c1-14(21(28)24-19-11-8-16-3-2-4-17(16)13-19)29-22-25-20(26-27-22)12-7-15-5-9-18(23)10-6-15/h5-14H,2-4H2,1H3,(H,24,28)(H,25,26,27)/b12-7+/t14-/m1/s1. The Labute approximate surface area is 172 Å². The summed E-state index contributed by atoms with van der Waals surface area (Å²) in [7, 11) is 0. The van der Waals surface area contributed by atoms with Crippen LogP contribution in [-0.2, 0) is 17.6 Å². The van der Waals surface area contributed by atoms with Gasteiger partial charge in [0.05, 0.1) is 5.25 Å². The SMILES string of the molecule is C[C@@H](Sc1n[nH]c(/C=C/c2ccc(F)cc2)n1)C(=O)Nc1ccc2c(c1)CCC2. The highest BCUT2D eigenvalue weighted by Gasteiger charge is 2.18. The minimum absolute atomic E-state index is 0.0823. The largest absolute Gasteiger partial charge is 0.325 e. The van der Waals surface area contributed by atoms with E-state index >= 15 is 0 Å². The molecule has 0 bridgehead atoms. The maximum Gasteiger partial charge on any atom is 0.237 e. The van der Waals surface area contributed by atoms with Crippen LogP contribution >= 0.6 is 11.8 Å². The van der Waals surface area contributed by atoms with Crippen molar-refractivity contribution in [2.75, 3.05) is 5.32 Å². The van der Waals surface area contributed by atoms with Crippen LogP contribution in [0.5, 0.6) is 0 Å². The summed E-state index contributed by atoms with van der Waals surface area (Å²) >= 11 is 1.29. The molecule has 1 aliphatic rings. The second-order valence-corrected chi connectivity index (χ2v) is 8.28. The number of carbonyl (C=O) groups is 1. The summed E-state index contributed by atoms with van der Waals surface area (Å²) < 4.78 is 12.9. The average Bonchev–Trinajstić information content (AvgIpc) is 3.36. The molecule has 2 aromatic carbocycles. The molecule has 1 aliphatic carbocycles. The van der Waals surface area contributed by atoms with Crippen molar-refractivity contribution in [1.29, 1.82) is 0 Å². The van der Waals surface area contributed by atoms with Crippen LogP contribution in [-0.4, -0.2) is 26.3 Å². The minimum atomic E-state index is -0.340. The Morgan fingerprint density at radius 2 is 1.97 bits per heavy atom. The van der Waals surface area contributed by atoms with Gasteiger partial charge in [0.25, 0.3) is 0 Å². The molecule has 5 nitrogen and oxygen atoms in total. The Bertz CT molecular complexity index is 1050. The smallest absolute Gasteiger partial charge is 0.237 e. The molecule has 0 radical (unpaired) electrons. The molecule has 0 aliphatic heterocycles. The molecule has 1 aromatic heterocycles. The predicted molar refractivity (Wildman–Crippen MR) is 114 cm³/mol. The van der Waals surface area contributed by atoms with E-state index in [4.69, 9.17) is 0 Å². The number of hydrogen-bond acceptors (Lipinski definition) is 4. The van der Waals surface area contributed by atoms with Crippen LogP contribution < -0.4 is 5.32 Å². The van der Waals surface area contributed by atoms with E-state index in [9.17, 15) is 9.18 Å².